The van der Waals surface area contributed by atoms with Crippen molar-refractivity contribution in [2.75, 3.05) is 5.32 Å². The average molecular weight is 297 g/mol. The topological polar surface area (TPSA) is 55.2 Å². The van der Waals surface area contributed by atoms with Crippen LogP contribution in [0.25, 0.3) is 0 Å². The molecule has 0 amide bonds. The Labute approximate surface area is 120 Å². The highest BCUT2D eigenvalue weighted by Gasteiger charge is 2.13. The first-order valence-electron chi connectivity index (χ1n) is 5.48. The minimum atomic E-state index is -0.444. The van der Waals surface area contributed by atoms with E-state index < -0.39 is 4.92 Å². The zero-order chi connectivity index (χ0) is 13.8. The number of anilines is 1. The molecule has 0 aliphatic heterocycles. The highest BCUT2D eigenvalue weighted by atomic mass is 35.5. The second-order valence-electron chi connectivity index (χ2n) is 3.90. The molecule has 2 rings (SSSR count). The molecule has 0 bridgehead atoms. The third-order valence-corrected chi connectivity index (χ3v) is 3.04. The average Bonchev–Trinajstić information content (AvgIpc) is 2.38. The summed E-state index contributed by atoms with van der Waals surface area (Å²) in [6.45, 7) is 0.457. The van der Waals surface area contributed by atoms with Gasteiger partial charge in [-0.05, 0) is 29.8 Å². The van der Waals surface area contributed by atoms with E-state index in [9.17, 15) is 10.1 Å². The fourth-order valence-electron chi connectivity index (χ4n) is 1.61. The summed E-state index contributed by atoms with van der Waals surface area (Å²) < 4.78 is 0. The Balaban J connectivity index is 2.16. The van der Waals surface area contributed by atoms with Gasteiger partial charge in [0.1, 0.15) is 5.69 Å². The van der Waals surface area contributed by atoms with Crippen molar-refractivity contribution in [1.82, 2.24) is 0 Å². The van der Waals surface area contributed by atoms with E-state index in [1.54, 1.807) is 12.1 Å². The van der Waals surface area contributed by atoms with Gasteiger partial charge in [0.25, 0.3) is 5.69 Å². The van der Waals surface area contributed by atoms with Crippen molar-refractivity contribution in [1.29, 1.82) is 0 Å². The van der Waals surface area contributed by atoms with Gasteiger partial charge in [-0.15, -0.1) is 0 Å². The number of hydrogen-bond acceptors (Lipinski definition) is 3. The van der Waals surface area contributed by atoms with Gasteiger partial charge in [-0.25, -0.2) is 0 Å². The SMILES string of the molecule is O=[N+]([O-])c1ccc(Cl)cc1NCc1ccc(Cl)cc1. The van der Waals surface area contributed by atoms with Crippen LogP contribution in [0.15, 0.2) is 42.5 Å². The van der Waals surface area contributed by atoms with Gasteiger partial charge in [-0.2, -0.15) is 0 Å². The van der Waals surface area contributed by atoms with E-state index >= 15 is 0 Å². The van der Waals surface area contributed by atoms with Crippen LogP contribution in [-0.2, 0) is 6.54 Å². The zero-order valence-electron chi connectivity index (χ0n) is 9.77. The van der Waals surface area contributed by atoms with E-state index in [0.717, 1.165) is 5.56 Å². The molecule has 0 spiro atoms. The molecule has 0 aliphatic rings. The van der Waals surface area contributed by atoms with Crippen molar-refractivity contribution < 1.29 is 4.92 Å². The van der Waals surface area contributed by atoms with Crippen LogP contribution in [0.5, 0.6) is 0 Å². The number of nitrogens with zero attached hydrogens (tertiary/aromatic N) is 1. The molecule has 0 heterocycles. The monoisotopic (exact) mass is 296 g/mol. The molecule has 1 N–H and O–H groups in total. The van der Waals surface area contributed by atoms with Crippen molar-refractivity contribution in [3.8, 4) is 0 Å². The molecule has 98 valence electrons. The molecule has 0 fully saturated rings. The fourth-order valence-corrected chi connectivity index (χ4v) is 1.91. The fraction of sp³-hybridized carbons (Fsp3) is 0.0769. The molecular formula is C13H10Cl2N2O2. The number of nitrogens with one attached hydrogen (secondary N) is 1. The minimum absolute atomic E-state index is 0.00152. The van der Waals surface area contributed by atoms with Crippen molar-refractivity contribution in [2.24, 2.45) is 0 Å². The third-order valence-electron chi connectivity index (χ3n) is 2.55. The van der Waals surface area contributed by atoms with E-state index in [0.29, 0.717) is 22.3 Å². The van der Waals surface area contributed by atoms with E-state index in [2.05, 4.69) is 5.32 Å². The molecule has 6 heteroatoms. The molecule has 0 unspecified atom stereocenters. The number of nitro groups is 1. The number of halogens is 2. The molecule has 0 saturated heterocycles. The van der Waals surface area contributed by atoms with Crippen molar-refractivity contribution >= 4 is 34.6 Å². The second-order valence-corrected chi connectivity index (χ2v) is 4.77. The summed E-state index contributed by atoms with van der Waals surface area (Å²) in [5, 5.41) is 15.0. The van der Waals surface area contributed by atoms with Gasteiger partial charge >= 0.3 is 0 Å². The van der Waals surface area contributed by atoms with Crippen LogP contribution in [0.4, 0.5) is 11.4 Å². The Bertz CT molecular complexity index is 600. The lowest BCUT2D eigenvalue weighted by molar-refractivity contribution is -0.384. The molecule has 0 atom stereocenters. The Kier molecular flexibility index (Phi) is 4.24. The van der Waals surface area contributed by atoms with Crippen LogP contribution >= 0.6 is 23.2 Å². The maximum Gasteiger partial charge on any atom is 0.292 e. The lowest BCUT2D eigenvalue weighted by atomic mass is 10.2. The van der Waals surface area contributed by atoms with E-state index in [-0.39, 0.29) is 5.69 Å². The van der Waals surface area contributed by atoms with Crippen molar-refractivity contribution in [3.05, 3.63) is 68.2 Å². The second kappa shape index (κ2) is 5.91. The van der Waals surface area contributed by atoms with Gasteiger partial charge < -0.3 is 5.32 Å². The first-order valence-corrected chi connectivity index (χ1v) is 6.24. The summed E-state index contributed by atoms with van der Waals surface area (Å²) in [5.41, 5.74) is 1.37. The lowest BCUT2D eigenvalue weighted by Crippen LogP contribution is -2.02. The quantitative estimate of drug-likeness (QED) is 0.667. The van der Waals surface area contributed by atoms with Gasteiger partial charge in [-0.1, -0.05) is 35.3 Å². The molecule has 0 saturated carbocycles. The smallest absolute Gasteiger partial charge is 0.292 e. The predicted molar refractivity (Wildman–Crippen MR) is 76.9 cm³/mol. The molecule has 0 aromatic heterocycles. The summed E-state index contributed by atoms with van der Waals surface area (Å²) >= 11 is 11.6. The Hall–Kier alpha value is -1.78. The van der Waals surface area contributed by atoms with Gasteiger partial charge in [-0.3, -0.25) is 10.1 Å². The van der Waals surface area contributed by atoms with Crippen LogP contribution in [0, 0.1) is 10.1 Å². The van der Waals surface area contributed by atoms with Crippen LogP contribution in [0.1, 0.15) is 5.56 Å². The summed E-state index contributed by atoms with van der Waals surface area (Å²) in [6, 6.07) is 11.7. The van der Waals surface area contributed by atoms with E-state index in [1.165, 1.54) is 18.2 Å². The zero-order valence-corrected chi connectivity index (χ0v) is 11.3. The summed E-state index contributed by atoms with van der Waals surface area (Å²) in [4.78, 5) is 10.5. The van der Waals surface area contributed by atoms with Gasteiger partial charge in [0.15, 0.2) is 0 Å². The molecule has 19 heavy (non-hydrogen) atoms. The summed E-state index contributed by atoms with van der Waals surface area (Å²) in [6.07, 6.45) is 0. The molecule has 2 aromatic carbocycles. The Morgan fingerprint density at radius 1 is 1.05 bits per heavy atom. The van der Waals surface area contributed by atoms with E-state index in [4.69, 9.17) is 23.2 Å². The largest absolute Gasteiger partial charge is 0.375 e. The number of benzene rings is 2. The lowest BCUT2D eigenvalue weighted by Gasteiger charge is -2.07. The highest BCUT2D eigenvalue weighted by molar-refractivity contribution is 6.31. The van der Waals surface area contributed by atoms with E-state index in [1.807, 2.05) is 12.1 Å². The maximum absolute atomic E-state index is 10.9. The molecule has 4 nitrogen and oxygen atoms in total. The summed E-state index contributed by atoms with van der Waals surface area (Å²) in [7, 11) is 0. The van der Waals surface area contributed by atoms with Crippen molar-refractivity contribution in [3.63, 3.8) is 0 Å². The van der Waals surface area contributed by atoms with Gasteiger partial charge in [0, 0.05) is 22.7 Å². The first-order chi connectivity index (χ1) is 9.06. The molecule has 0 aliphatic carbocycles. The van der Waals surface area contributed by atoms with Crippen LogP contribution in [0.3, 0.4) is 0 Å². The number of nitro benzene ring substituents is 1. The third kappa shape index (κ3) is 3.59. The van der Waals surface area contributed by atoms with Crippen LogP contribution in [-0.4, -0.2) is 4.92 Å². The number of rotatable bonds is 4. The molecule has 0 radical (unpaired) electrons. The van der Waals surface area contributed by atoms with Gasteiger partial charge in [0.05, 0.1) is 4.92 Å². The first kappa shape index (κ1) is 13.6. The normalized spacial score (nSPS) is 10.2. The van der Waals surface area contributed by atoms with Crippen LogP contribution in [0.2, 0.25) is 10.0 Å². The Morgan fingerprint density at radius 2 is 1.68 bits per heavy atom. The maximum atomic E-state index is 10.9. The van der Waals surface area contributed by atoms with Gasteiger partial charge in [0.2, 0.25) is 0 Å². The van der Waals surface area contributed by atoms with Crippen LogP contribution < -0.4 is 5.32 Å². The number of hydrogen-bond donors (Lipinski definition) is 1. The van der Waals surface area contributed by atoms with Crippen molar-refractivity contribution in [2.45, 2.75) is 6.54 Å². The predicted octanol–water partition coefficient (Wildman–Crippen LogP) is 4.51. The standard InChI is InChI=1S/C13H10Cl2N2O2/c14-10-3-1-9(2-4-10)8-16-12-7-11(15)5-6-13(12)17(18)19/h1-7,16H,8H2. The summed E-state index contributed by atoms with van der Waals surface area (Å²) in [5.74, 6) is 0. The minimum Gasteiger partial charge on any atom is -0.375 e. The molecule has 2 aromatic rings. The Morgan fingerprint density at radius 3 is 2.32 bits per heavy atom. The molecular weight excluding hydrogens is 287 g/mol. The highest BCUT2D eigenvalue weighted by Crippen LogP contribution is 2.28.